The molecular formula is C20H21ClF2N2O4S. The van der Waals surface area contributed by atoms with Gasteiger partial charge in [0, 0.05) is 19.2 Å². The second-order valence-corrected chi connectivity index (χ2v) is 9.19. The highest BCUT2D eigenvalue weighted by atomic mass is 35.5. The number of hydrogen-bond acceptors (Lipinski definition) is 4. The highest BCUT2D eigenvalue weighted by Gasteiger charge is 2.34. The number of anilines is 1. The van der Waals surface area contributed by atoms with Gasteiger partial charge in [-0.05, 0) is 50.1 Å². The normalized spacial score (nSPS) is 17.5. The molecule has 2 aromatic carbocycles. The smallest absolute Gasteiger partial charge is 0.243 e. The minimum atomic E-state index is -3.89. The molecule has 1 atom stereocenters. The summed E-state index contributed by atoms with van der Waals surface area (Å²) < 4.78 is 59.7. The summed E-state index contributed by atoms with van der Waals surface area (Å²) in [5, 5.41) is 2.52. The van der Waals surface area contributed by atoms with E-state index in [1.165, 1.54) is 22.5 Å². The highest BCUT2D eigenvalue weighted by Crippen LogP contribution is 2.31. The second kappa shape index (κ2) is 9.28. The summed E-state index contributed by atoms with van der Waals surface area (Å²) in [6.07, 6.45) is 0.881. The maximum absolute atomic E-state index is 13.8. The number of ether oxygens (including phenoxy) is 1. The fraction of sp³-hybridized carbons (Fsp3) is 0.350. The minimum absolute atomic E-state index is 0.00631. The van der Waals surface area contributed by atoms with Crippen molar-refractivity contribution in [2.24, 2.45) is 5.92 Å². The molecule has 1 saturated heterocycles. The molecule has 1 heterocycles. The summed E-state index contributed by atoms with van der Waals surface area (Å²) in [5.74, 6) is -2.34. The van der Waals surface area contributed by atoms with Gasteiger partial charge in [0.1, 0.15) is 17.4 Å². The molecule has 6 nitrogen and oxygen atoms in total. The van der Waals surface area contributed by atoms with E-state index >= 15 is 0 Å². The van der Waals surface area contributed by atoms with E-state index in [1.807, 2.05) is 0 Å². The predicted octanol–water partition coefficient (Wildman–Crippen LogP) is 4.06. The Labute approximate surface area is 178 Å². The fourth-order valence-corrected chi connectivity index (χ4v) is 5.12. The molecule has 0 spiro atoms. The van der Waals surface area contributed by atoms with E-state index in [4.69, 9.17) is 16.3 Å². The Morgan fingerprint density at radius 1 is 1.27 bits per heavy atom. The van der Waals surface area contributed by atoms with Crippen LogP contribution < -0.4 is 10.1 Å². The molecule has 1 aliphatic heterocycles. The number of benzene rings is 2. The van der Waals surface area contributed by atoms with Gasteiger partial charge < -0.3 is 10.1 Å². The number of carbonyl (C=O) groups excluding carboxylic acids is 1. The minimum Gasteiger partial charge on any atom is -0.492 e. The molecule has 0 saturated carbocycles. The lowest BCUT2D eigenvalue weighted by atomic mass is 9.98. The molecule has 1 N–H and O–H groups in total. The lowest BCUT2D eigenvalue weighted by Crippen LogP contribution is -2.43. The molecule has 0 unspecified atom stereocenters. The largest absolute Gasteiger partial charge is 0.492 e. The van der Waals surface area contributed by atoms with Crippen molar-refractivity contribution in [1.29, 1.82) is 0 Å². The van der Waals surface area contributed by atoms with Crippen LogP contribution in [0.2, 0.25) is 5.02 Å². The third-order valence-electron chi connectivity index (χ3n) is 4.78. The van der Waals surface area contributed by atoms with Crippen LogP contribution in [0.3, 0.4) is 0 Å². The van der Waals surface area contributed by atoms with Crippen LogP contribution >= 0.6 is 11.6 Å². The van der Waals surface area contributed by atoms with Crippen LogP contribution in [0, 0.1) is 17.6 Å². The van der Waals surface area contributed by atoms with E-state index in [0.717, 1.165) is 18.2 Å². The Hall–Kier alpha value is -2.23. The standard InChI is InChI=1S/C20H21ClF2N2O4S/c1-2-29-19-8-6-15(11-16(19)21)30(27,28)25-9-3-4-13(12-25)20(26)24-18-10-14(22)5-7-17(18)23/h5-8,10-11,13H,2-4,9,12H2,1H3,(H,24,26)/t13-/m0/s1. The summed E-state index contributed by atoms with van der Waals surface area (Å²) in [6.45, 7) is 2.34. The number of rotatable bonds is 6. The summed E-state index contributed by atoms with van der Waals surface area (Å²) in [5.41, 5.74) is -0.279. The maximum Gasteiger partial charge on any atom is 0.243 e. The average molecular weight is 459 g/mol. The molecular weight excluding hydrogens is 438 g/mol. The number of nitrogens with zero attached hydrogens (tertiary/aromatic N) is 1. The third kappa shape index (κ3) is 4.91. The molecule has 2 aromatic rings. The van der Waals surface area contributed by atoms with E-state index in [2.05, 4.69) is 5.32 Å². The van der Waals surface area contributed by atoms with Crippen LogP contribution in [0.15, 0.2) is 41.3 Å². The number of sulfonamides is 1. The number of halogens is 3. The number of piperidine rings is 1. The maximum atomic E-state index is 13.8. The number of amides is 1. The van der Waals surface area contributed by atoms with Crippen molar-refractivity contribution >= 4 is 33.2 Å². The van der Waals surface area contributed by atoms with Gasteiger partial charge in [-0.3, -0.25) is 4.79 Å². The van der Waals surface area contributed by atoms with Crippen LogP contribution in [0.5, 0.6) is 5.75 Å². The topological polar surface area (TPSA) is 75.7 Å². The Bertz CT molecular complexity index is 1050. The molecule has 1 fully saturated rings. The summed E-state index contributed by atoms with van der Waals surface area (Å²) in [7, 11) is -3.89. The molecule has 162 valence electrons. The predicted molar refractivity (Wildman–Crippen MR) is 109 cm³/mol. The van der Waals surface area contributed by atoms with Crippen molar-refractivity contribution in [2.45, 2.75) is 24.7 Å². The molecule has 1 aliphatic rings. The molecule has 10 heteroatoms. The van der Waals surface area contributed by atoms with Gasteiger partial charge in [0.2, 0.25) is 15.9 Å². The average Bonchev–Trinajstić information content (AvgIpc) is 2.72. The van der Waals surface area contributed by atoms with Gasteiger partial charge in [-0.25, -0.2) is 17.2 Å². The van der Waals surface area contributed by atoms with Gasteiger partial charge >= 0.3 is 0 Å². The van der Waals surface area contributed by atoms with E-state index in [9.17, 15) is 22.0 Å². The first kappa shape index (κ1) is 22.5. The molecule has 1 amide bonds. The van der Waals surface area contributed by atoms with E-state index < -0.39 is 33.5 Å². The van der Waals surface area contributed by atoms with E-state index in [1.54, 1.807) is 6.92 Å². The zero-order valence-corrected chi connectivity index (χ0v) is 17.8. The van der Waals surface area contributed by atoms with E-state index in [-0.39, 0.29) is 28.7 Å². The molecule has 0 bridgehead atoms. The molecule has 3 rings (SSSR count). The highest BCUT2D eigenvalue weighted by molar-refractivity contribution is 7.89. The zero-order valence-electron chi connectivity index (χ0n) is 16.2. The van der Waals surface area contributed by atoms with Crippen LogP contribution in [0.1, 0.15) is 19.8 Å². The summed E-state index contributed by atoms with van der Waals surface area (Å²) in [6, 6.07) is 6.94. The quantitative estimate of drug-likeness (QED) is 0.708. The third-order valence-corrected chi connectivity index (χ3v) is 6.94. The van der Waals surface area contributed by atoms with Crippen molar-refractivity contribution in [2.75, 3.05) is 25.0 Å². The molecule has 30 heavy (non-hydrogen) atoms. The van der Waals surface area contributed by atoms with Crippen molar-refractivity contribution in [3.63, 3.8) is 0 Å². The Morgan fingerprint density at radius 2 is 2.03 bits per heavy atom. The lowest BCUT2D eigenvalue weighted by Gasteiger charge is -2.31. The molecule has 0 aromatic heterocycles. The van der Waals surface area contributed by atoms with Gasteiger partial charge in [-0.15, -0.1) is 0 Å². The lowest BCUT2D eigenvalue weighted by molar-refractivity contribution is -0.120. The first-order chi connectivity index (χ1) is 14.2. The summed E-state index contributed by atoms with van der Waals surface area (Å²) in [4.78, 5) is 12.5. The molecule has 0 radical (unpaired) electrons. The molecule has 0 aliphatic carbocycles. The Balaban J connectivity index is 1.75. The Morgan fingerprint density at radius 3 is 2.73 bits per heavy atom. The van der Waals surface area contributed by atoms with Crippen LogP contribution in [-0.2, 0) is 14.8 Å². The van der Waals surface area contributed by atoms with Crippen molar-refractivity contribution in [1.82, 2.24) is 4.31 Å². The van der Waals surface area contributed by atoms with Gasteiger partial charge in [0.15, 0.2) is 0 Å². The Kier molecular flexibility index (Phi) is 6.95. The van der Waals surface area contributed by atoms with Crippen molar-refractivity contribution in [3.05, 3.63) is 53.1 Å². The number of nitrogens with one attached hydrogen (secondary N) is 1. The van der Waals surface area contributed by atoms with Crippen molar-refractivity contribution in [3.8, 4) is 5.75 Å². The van der Waals surface area contributed by atoms with Gasteiger partial charge in [-0.1, -0.05) is 11.6 Å². The summed E-state index contributed by atoms with van der Waals surface area (Å²) >= 11 is 6.11. The number of carbonyl (C=O) groups is 1. The van der Waals surface area contributed by atoms with Gasteiger partial charge in [0.25, 0.3) is 0 Å². The van der Waals surface area contributed by atoms with Crippen molar-refractivity contribution < 1.29 is 26.7 Å². The van der Waals surface area contributed by atoms with Gasteiger partial charge in [-0.2, -0.15) is 4.31 Å². The van der Waals surface area contributed by atoms with Crippen LogP contribution in [-0.4, -0.2) is 38.3 Å². The van der Waals surface area contributed by atoms with Crippen LogP contribution in [0.25, 0.3) is 0 Å². The van der Waals surface area contributed by atoms with Gasteiger partial charge in [0.05, 0.1) is 28.1 Å². The number of hydrogen-bond donors (Lipinski definition) is 1. The van der Waals surface area contributed by atoms with E-state index in [0.29, 0.717) is 25.2 Å². The first-order valence-corrected chi connectivity index (χ1v) is 11.2. The second-order valence-electron chi connectivity index (χ2n) is 6.84. The monoisotopic (exact) mass is 458 g/mol. The zero-order chi connectivity index (χ0) is 21.9. The SMILES string of the molecule is CCOc1ccc(S(=O)(=O)N2CCC[C@H](C(=O)Nc3cc(F)ccc3F)C2)cc1Cl. The fourth-order valence-electron chi connectivity index (χ4n) is 3.27. The van der Waals surface area contributed by atoms with Crippen LogP contribution in [0.4, 0.5) is 14.5 Å². The first-order valence-electron chi connectivity index (χ1n) is 9.40.